The fourth-order valence-corrected chi connectivity index (χ4v) is 2.56. The Kier molecular flexibility index (Phi) is 6.86. The summed E-state index contributed by atoms with van der Waals surface area (Å²) in [6, 6.07) is 13.0. The van der Waals surface area contributed by atoms with E-state index in [2.05, 4.69) is 79.8 Å². The van der Waals surface area contributed by atoms with Crippen molar-refractivity contribution in [1.82, 2.24) is 0 Å². The molecule has 1 aromatic carbocycles. The molecular formula is C21H29N2+. The van der Waals surface area contributed by atoms with E-state index in [-0.39, 0.29) is 0 Å². The van der Waals surface area contributed by atoms with E-state index in [1.165, 1.54) is 42.5 Å². The maximum Gasteiger partial charge on any atom is 0.169 e. The summed E-state index contributed by atoms with van der Waals surface area (Å²) in [5, 5.41) is 0. The van der Waals surface area contributed by atoms with Crippen molar-refractivity contribution in [1.29, 1.82) is 0 Å². The van der Waals surface area contributed by atoms with Crippen LogP contribution < -0.4 is 9.47 Å². The first kappa shape index (κ1) is 17.3. The van der Waals surface area contributed by atoms with Crippen LogP contribution in [0.5, 0.6) is 0 Å². The van der Waals surface area contributed by atoms with Crippen LogP contribution in [0.3, 0.4) is 0 Å². The average Bonchev–Trinajstić information content (AvgIpc) is 2.58. The monoisotopic (exact) mass is 309 g/mol. The average molecular weight is 309 g/mol. The van der Waals surface area contributed by atoms with E-state index in [4.69, 9.17) is 0 Å². The molecule has 1 aromatic heterocycles. The molecule has 0 fully saturated rings. The second-order valence-electron chi connectivity index (χ2n) is 6.20. The van der Waals surface area contributed by atoms with Crippen LogP contribution in [0.15, 0.2) is 48.8 Å². The van der Waals surface area contributed by atoms with Crippen LogP contribution in [-0.2, 0) is 7.05 Å². The summed E-state index contributed by atoms with van der Waals surface area (Å²) >= 11 is 0. The zero-order chi connectivity index (χ0) is 16.5. The number of aromatic nitrogens is 1. The fourth-order valence-electron chi connectivity index (χ4n) is 2.56. The normalized spacial score (nSPS) is 11.1. The largest absolute Gasteiger partial charge is 0.375 e. The minimum absolute atomic E-state index is 1.14. The van der Waals surface area contributed by atoms with Crippen LogP contribution in [0, 0.1) is 0 Å². The highest BCUT2D eigenvalue weighted by molar-refractivity contribution is 5.70. The van der Waals surface area contributed by atoms with Gasteiger partial charge in [-0.25, -0.2) is 4.57 Å². The van der Waals surface area contributed by atoms with Gasteiger partial charge in [-0.3, -0.25) is 0 Å². The molecule has 0 saturated carbocycles. The lowest BCUT2D eigenvalue weighted by molar-refractivity contribution is -0.671. The quantitative estimate of drug-likeness (QED) is 0.506. The van der Waals surface area contributed by atoms with Crippen molar-refractivity contribution in [2.45, 2.75) is 32.6 Å². The number of anilines is 1. The van der Waals surface area contributed by atoms with Crippen molar-refractivity contribution >= 4 is 17.8 Å². The van der Waals surface area contributed by atoms with E-state index in [1.807, 2.05) is 11.6 Å². The Balaban J connectivity index is 1.89. The zero-order valence-corrected chi connectivity index (χ0v) is 14.7. The van der Waals surface area contributed by atoms with Gasteiger partial charge in [-0.2, -0.15) is 0 Å². The smallest absolute Gasteiger partial charge is 0.169 e. The number of hydrogen-bond donors (Lipinski definition) is 0. The summed E-state index contributed by atoms with van der Waals surface area (Å²) < 4.78 is 2.04. The Morgan fingerprint density at radius 1 is 0.870 bits per heavy atom. The Morgan fingerprint density at radius 2 is 1.48 bits per heavy atom. The molecule has 2 nitrogen and oxygen atoms in total. The highest BCUT2D eigenvalue weighted by atomic mass is 15.1. The first-order chi connectivity index (χ1) is 11.2. The van der Waals surface area contributed by atoms with Crippen molar-refractivity contribution < 1.29 is 4.57 Å². The molecule has 2 aromatic rings. The summed E-state index contributed by atoms with van der Waals surface area (Å²) in [5.74, 6) is 0. The molecule has 0 aliphatic rings. The predicted octanol–water partition coefficient (Wildman–Crippen LogP) is 4.70. The van der Waals surface area contributed by atoms with E-state index >= 15 is 0 Å². The van der Waals surface area contributed by atoms with Crippen LogP contribution in [0.25, 0.3) is 12.2 Å². The maximum atomic E-state index is 2.35. The molecule has 0 aliphatic heterocycles. The molecule has 0 atom stereocenters. The SMILES string of the molecule is CCCCCCN(C)c1ccc(C=Cc2cc[n+](C)cc2)cc1. The minimum atomic E-state index is 1.14. The van der Waals surface area contributed by atoms with Gasteiger partial charge in [0.25, 0.3) is 0 Å². The predicted molar refractivity (Wildman–Crippen MR) is 100 cm³/mol. The van der Waals surface area contributed by atoms with Crippen molar-refractivity contribution in [3.63, 3.8) is 0 Å². The molecule has 122 valence electrons. The third kappa shape index (κ3) is 5.90. The first-order valence-corrected chi connectivity index (χ1v) is 8.63. The van der Waals surface area contributed by atoms with Gasteiger partial charge in [-0.1, -0.05) is 50.5 Å². The highest BCUT2D eigenvalue weighted by Gasteiger charge is 2.00. The number of aryl methyl sites for hydroxylation is 1. The number of rotatable bonds is 8. The summed E-state index contributed by atoms with van der Waals surface area (Å²) in [5.41, 5.74) is 3.76. The minimum Gasteiger partial charge on any atom is -0.375 e. The van der Waals surface area contributed by atoms with Gasteiger partial charge in [0.15, 0.2) is 12.4 Å². The van der Waals surface area contributed by atoms with Crippen molar-refractivity contribution in [2.75, 3.05) is 18.5 Å². The third-order valence-electron chi connectivity index (χ3n) is 4.15. The number of pyridine rings is 1. The summed E-state index contributed by atoms with van der Waals surface area (Å²) in [7, 11) is 4.21. The maximum absolute atomic E-state index is 2.35. The molecule has 23 heavy (non-hydrogen) atoms. The zero-order valence-electron chi connectivity index (χ0n) is 14.7. The van der Waals surface area contributed by atoms with Crippen LogP contribution in [0.2, 0.25) is 0 Å². The molecule has 0 unspecified atom stereocenters. The van der Waals surface area contributed by atoms with Crippen molar-refractivity contribution in [3.05, 3.63) is 59.9 Å². The lowest BCUT2D eigenvalue weighted by Crippen LogP contribution is -2.25. The number of hydrogen-bond acceptors (Lipinski definition) is 1. The van der Waals surface area contributed by atoms with Crippen LogP contribution in [-0.4, -0.2) is 13.6 Å². The lowest BCUT2D eigenvalue weighted by Gasteiger charge is -2.19. The molecule has 0 bridgehead atoms. The van der Waals surface area contributed by atoms with Gasteiger partial charge in [-0.15, -0.1) is 0 Å². The fraction of sp³-hybridized carbons (Fsp3) is 0.381. The molecule has 0 aliphatic carbocycles. The molecule has 0 N–H and O–H groups in total. The van der Waals surface area contributed by atoms with E-state index in [0.717, 1.165) is 6.54 Å². The summed E-state index contributed by atoms with van der Waals surface area (Å²) in [6.07, 6.45) is 13.7. The standard InChI is InChI=1S/C21H29N2/c1-4-5-6-7-16-23(3)21-12-10-19(11-13-21)8-9-20-14-17-22(2)18-15-20/h8-15,17-18H,4-7,16H2,1-3H3/q+1. The molecule has 0 radical (unpaired) electrons. The summed E-state index contributed by atoms with van der Waals surface area (Å²) in [4.78, 5) is 2.35. The second kappa shape index (κ2) is 9.14. The molecule has 0 amide bonds. The topological polar surface area (TPSA) is 7.12 Å². The highest BCUT2D eigenvalue weighted by Crippen LogP contribution is 2.16. The second-order valence-corrected chi connectivity index (χ2v) is 6.20. The van der Waals surface area contributed by atoms with E-state index in [1.54, 1.807) is 0 Å². The molecule has 2 heteroatoms. The Bertz CT molecular complexity index is 597. The number of nitrogens with zero attached hydrogens (tertiary/aromatic N) is 2. The Hall–Kier alpha value is -2.09. The van der Waals surface area contributed by atoms with E-state index < -0.39 is 0 Å². The third-order valence-corrected chi connectivity index (χ3v) is 4.15. The van der Waals surface area contributed by atoms with Crippen LogP contribution in [0.1, 0.15) is 43.7 Å². The first-order valence-electron chi connectivity index (χ1n) is 8.63. The van der Waals surface area contributed by atoms with Gasteiger partial charge < -0.3 is 4.90 Å². The van der Waals surface area contributed by atoms with E-state index in [0.29, 0.717) is 0 Å². The number of benzene rings is 1. The van der Waals surface area contributed by atoms with Gasteiger partial charge in [0.05, 0.1) is 0 Å². The molecule has 0 saturated heterocycles. The lowest BCUT2D eigenvalue weighted by atomic mass is 10.1. The number of unbranched alkanes of at least 4 members (excludes halogenated alkanes) is 3. The molecule has 2 rings (SSSR count). The van der Waals surface area contributed by atoms with E-state index in [9.17, 15) is 0 Å². The van der Waals surface area contributed by atoms with Crippen LogP contribution in [0.4, 0.5) is 5.69 Å². The van der Waals surface area contributed by atoms with Gasteiger partial charge >= 0.3 is 0 Å². The van der Waals surface area contributed by atoms with Crippen molar-refractivity contribution in [3.8, 4) is 0 Å². The summed E-state index contributed by atoms with van der Waals surface area (Å²) in [6.45, 7) is 3.39. The van der Waals surface area contributed by atoms with Gasteiger partial charge in [0.2, 0.25) is 0 Å². The molecule has 1 heterocycles. The van der Waals surface area contributed by atoms with Crippen molar-refractivity contribution in [2.24, 2.45) is 7.05 Å². The van der Waals surface area contributed by atoms with Gasteiger partial charge in [0.1, 0.15) is 7.05 Å². The molecule has 0 spiro atoms. The van der Waals surface area contributed by atoms with Gasteiger partial charge in [-0.05, 0) is 29.7 Å². The van der Waals surface area contributed by atoms with Gasteiger partial charge in [0, 0.05) is 31.4 Å². The Morgan fingerprint density at radius 3 is 2.09 bits per heavy atom. The Labute approximate surface area is 141 Å². The van der Waals surface area contributed by atoms with Crippen LogP contribution >= 0.6 is 0 Å². The molecular weight excluding hydrogens is 280 g/mol.